The summed E-state index contributed by atoms with van der Waals surface area (Å²) in [6, 6.07) is 6.72. The monoisotopic (exact) mass is 237 g/mol. The van der Waals surface area contributed by atoms with Crippen LogP contribution in [0.3, 0.4) is 0 Å². The van der Waals surface area contributed by atoms with Crippen molar-refractivity contribution in [2.24, 2.45) is 5.41 Å². The molecule has 0 fully saturated rings. The van der Waals surface area contributed by atoms with E-state index >= 15 is 0 Å². The van der Waals surface area contributed by atoms with Gasteiger partial charge in [-0.25, -0.2) is 4.79 Å². The van der Waals surface area contributed by atoms with Gasteiger partial charge < -0.3 is 15.5 Å². The molecule has 1 rings (SSSR count). The molecule has 94 valence electrons. The van der Waals surface area contributed by atoms with Crippen molar-refractivity contribution in [1.82, 2.24) is 0 Å². The summed E-state index contributed by atoms with van der Waals surface area (Å²) in [6.45, 7) is 4.95. The number of aromatic carboxylic acids is 1. The summed E-state index contributed by atoms with van der Waals surface area (Å²) in [5.74, 6) is -0.928. The van der Waals surface area contributed by atoms with Crippen LogP contribution in [0, 0.1) is 5.41 Å². The molecule has 0 radical (unpaired) electrons. The average Bonchev–Trinajstić information content (AvgIpc) is 2.27. The average molecular weight is 237 g/mol. The summed E-state index contributed by atoms with van der Waals surface area (Å²) < 4.78 is 0. The van der Waals surface area contributed by atoms with Gasteiger partial charge in [-0.3, -0.25) is 0 Å². The van der Waals surface area contributed by atoms with Crippen molar-refractivity contribution >= 4 is 11.7 Å². The highest BCUT2D eigenvalue weighted by atomic mass is 16.4. The third-order valence-electron chi connectivity index (χ3n) is 2.67. The van der Waals surface area contributed by atoms with Crippen LogP contribution in [0.4, 0.5) is 5.69 Å². The second kappa shape index (κ2) is 5.68. The Morgan fingerprint density at radius 1 is 1.41 bits per heavy atom. The number of nitrogens with one attached hydrogen (secondary N) is 1. The van der Waals surface area contributed by atoms with E-state index in [1.165, 1.54) is 0 Å². The molecular formula is C13H19NO3. The van der Waals surface area contributed by atoms with E-state index in [2.05, 4.69) is 19.2 Å². The number of hydrogen-bond acceptors (Lipinski definition) is 3. The predicted molar refractivity (Wildman–Crippen MR) is 67.4 cm³/mol. The highest BCUT2D eigenvalue weighted by Gasteiger charge is 2.16. The van der Waals surface area contributed by atoms with Crippen molar-refractivity contribution in [1.29, 1.82) is 0 Å². The van der Waals surface area contributed by atoms with Crippen molar-refractivity contribution in [2.45, 2.75) is 20.3 Å². The normalized spacial score (nSPS) is 11.2. The van der Waals surface area contributed by atoms with Crippen molar-refractivity contribution in [2.75, 3.05) is 18.5 Å². The second-order valence-corrected chi connectivity index (χ2v) is 4.88. The van der Waals surface area contributed by atoms with E-state index in [-0.39, 0.29) is 17.6 Å². The maximum absolute atomic E-state index is 10.8. The molecule has 0 spiro atoms. The van der Waals surface area contributed by atoms with Gasteiger partial charge in [0.2, 0.25) is 0 Å². The molecule has 0 aliphatic rings. The number of anilines is 1. The molecule has 0 saturated carbocycles. The van der Waals surface area contributed by atoms with Gasteiger partial charge in [0.25, 0.3) is 0 Å². The van der Waals surface area contributed by atoms with Crippen molar-refractivity contribution < 1.29 is 15.0 Å². The summed E-state index contributed by atoms with van der Waals surface area (Å²) in [6.07, 6.45) is 0.707. The van der Waals surface area contributed by atoms with E-state index in [4.69, 9.17) is 10.2 Å². The fourth-order valence-corrected chi connectivity index (χ4v) is 1.49. The van der Waals surface area contributed by atoms with E-state index in [0.717, 1.165) is 5.69 Å². The topological polar surface area (TPSA) is 69.6 Å². The van der Waals surface area contributed by atoms with Gasteiger partial charge in [-0.15, -0.1) is 0 Å². The van der Waals surface area contributed by atoms with Crippen LogP contribution in [-0.4, -0.2) is 29.3 Å². The van der Waals surface area contributed by atoms with Crippen LogP contribution in [0.5, 0.6) is 0 Å². The molecule has 4 heteroatoms. The first-order valence-electron chi connectivity index (χ1n) is 5.63. The molecule has 4 nitrogen and oxygen atoms in total. The van der Waals surface area contributed by atoms with E-state index in [9.17, 15) is 4.79 Å². The minimum absolute atomic E-state index is 0.0199. The van der Waals surface area contributed by atoms with Gasteiger partial charge in [-0.1, -0.05) is 19.9 Å². The van der Waals surface area contributed by atoms with Crippen LogP contribution in [0.15, 0.2) is 24.3 Å². The number of benzene rings is 1. The molecule has 3 N–H and O–H groups in total. The van der Waals surface area contributed by atoms with E-state index in [0.29, 0.717) is 13.0 Å². The zero-order valence-electron chi connectivity index (χ0n) is 10.2. The largest absolute Gasteiger partial charge is 0.478 e. The molecule has 17 heavy (non-hydrogen) atoms. The van der Waals surface area contributed by atoms with Gasteiger partial charge in [0.05, 0.1) is 5.56 Å². The first-order valence-corrected chi connectivity index (χ1v) is 5.63. The first-order chi connectivity index (χ1) is 7.94. The Morgan fingerprint density at radius 3 is 2.71 bits per heavy atom. The number of hydrogen-bond donors (Lipinski definition) is 3. The van der Waals surface area contributed by atoms with Crippen LogP contribution < -0.4 is 5.32 Å². The lowest BCUT2D eigenvalue weighted by Gasteiger charge is -2.24. The third-order valence-corrected chi connectivity index (χ3v) is 2.67. The van der Waals surface area contributed by atoms with Crippen molar-refractivity contribution in [3.05, 3.63) is 29.8 Å². The highest BCUT2D eigenvalue weighted by molar-refractivity contribution is 5.88. The summed E-state index contributed by atoms with van der Waals surface area (Å²) in [4.78, 5) is 10.8. The number of rotatable bonds is 6. The molecular weight excluding hydrogens is 218 g/mol. The standard InChI is InChI=1S/C13H19NO3/c1-13(2,6-7-15)9-14-11-5-3-4-10(8-11)12(16)17/h3-5,8,14-15H,6-7,9H2,1-2H3,(H,16,17). The minimum atomic E-state index is -0.928. The molecule has 0 heterocycles. The van der Waals surface area contributed by atoms with Gasteiger partial charge in [-0.2, -0.15) is 0 Å². The Kier molecular flexibility index (Phi) is 4.52. The Balaban J connectivity index is 2.63. The molecule has 0 aromatic heterocycles. The summed E-state index contributed by atoms with van der Waals surface area (Å²) in [5.41, 5.74) is 1.04. The minimum Gasteiger partial charge on any atom is -0.478 e. The van der Waals surface area contributed by atoms with Crippen LogP contribution in [-0.2, 0) is 0 Å². The number of carboxylic acids is 1. The maximum atomic E-state index is 10.8. The van der Waals surface area contributed by atoms with Crippen LogP contribution >= 0.6 is 0 Å². The predicted octanol–water partition coefficient (Wildman–Crippen LogP) is 2.21. The SMILES string of the molecule is CC(C)(CCO)CNc1cccc(C(=O)O)c1. The number of aliphatic hydroxyl groups is 1. The zero-order chi connectivity index (χ0) is 12.9. The fraction of sp³-hybridized carbons (Fsp3) is 0.462. The van der Waals surface area contributed by atoms with Crippen molar-refractivity contribution in [3.63, 3.8) is 0 Å². The zero-order valence-corrected chi connectivity index (χ0v) is 10.2. The van der Waals surface area contributed by atoms with Gasteiger partial charge in [0.1, 0.15) is 0 Å². The molecule has 1 aromatic rings. The van der Waals surface area contributed by atoms with Gasteiger partial charge in [0.15, 0.2) is 0 Å². The van der Waals surface area contributed by atoms with E-state index < -0.39 is 5.97 Å². The van der Waals surface area contributed by atoms with Gasteiger partial charge >= 0.3 is 5.97 Å². The number of carboxylic acid groups (broad SMARTS) is 1. The number of carbonyl (C=O) groups is 1. The molecule has 0 amide bonds. The fourth-order valence-electron chi connectivity index (χ4n) is 1.49. The Morgan fingerprint density at radius 2 is 2.12 bits per heavy atom. The van der Waals surface area contributed by atoms with E-state index in [1.54, 1.807) is 18.2 Å². The Bertz CT molecular complexity index is 388. The smallest absolute Gasteiger partial charge is 0.335 e. The van der Waals surface area contributed by atoms with Crippen LogP contribution in [0.2, 0.25) is 0 Å². The highest BCUT2D eigenvalue weighted by Crippen LogP contribution is 2.21. The summed E-state index contributed by atoms with van der Waals surface area (Å²) >= 11 is 0. The third kappa shape index (κ3) is 4.44. The molecule has 0 bridgehead atoms. The lowest BCUT2D eigenvalue weighted by molar-refractivity contribution is 0.0697. The lowest BCUT2D eigenvalue weighted by Crippen LogP contribution is -2.24. The Labute approximate surface area is 101 Å². The summed E-state index contributed by atoms with van der Waals surface area (Å²) in [5, 5.41) is 21.0. The lowest BCUT2D eigenvalue weighted by atomic mass is 9.89. The van der Waals surface area contributed by atoms with Gasteiger partial charge in [-0.05, 0) is 30.0 Å². The molecule has 0 unspecified atom stereocenters. The quantitative estimate of drug-likeness (QED) is 0.709. The molecule has 0 saturated heterocycles. The molecule has 0 atom stereocenters. The Hall–Kier alpha value is -1.55. The van der Waals surface area contributed by atoms with Gasteiger partial charge in [0, 0.05) is 18.8 Å². The number of aliphatic hydroxyl groups excluding tert-OH is 1. The summed E-state index contributed by atoms with van der Waals surface area (Å²) in [7, 11) is 0. The molecule has 0 aliphatic carbocycles. The van der Waals surface area contributed by atoms with Crippen LogP contribution in [0.1, 0.15) is 30.6 Å². The van der Waals surface area contributed by atoms with E-state index in [1.807, 2.05) is 6.07 Å². The van der Waals surface area contributed by atoms with Crippen LogP contribution in [0.25, 0.3) is 0 Å². The van der Waals surface area contributed by atoms with Crippen molar-refractivity contribution in [3.8, 4) is 0 Å². The maximum Gasteiger partial charge on any atom is 0.335 e. The molecule has 1 aromatic carbocycles. The second-order valence-electron chi connectivity index (χ2n) is 4.88. The first kappa shape index (κ1) is 13.5. The molecule has 0 aliphatic heterocycles.